The minimum Gasteiger partial charge on any atom is -0.484 e. The Morgan fingerprint density at radius 1 is 1.31 bits per heavy atom. The first-order valence-electron chi connectivity index (χ1n) is 10.2. The molecule has 1 unspecified atom stereocenters. The average Bonchev–Trinajstić information content (AvgIpc) is 3.58. The smallest absolute Gasteiger partial charge is 0.258 e. The van der Waals surface area contributed by atoms with Crippen LogP contribution in [0.4, 0.5) is 17.2 Å². The Hall–Kier alpha value is -3.51. The molecule has 1 heterocycles. The summed E-state index contributed by atoms with van der Waals surface area (Å²) in [7, 11) is 2.64. The predicted octanol–water partition coefficient (Wildman–Crippen LogP) is 2.93. The highest BCUT2D eigenvalue weighted by atomic mass is 31.0. The van der Waals surface area contributed by atoms with Gasteiger partial charge in [-0.15, -0.1) is 9.24 Å². The van der Waals surface area contributed by atoms with Crippen LogP contribution in [0.2, 0.25) is 0 Å². The summed E-state index contributed by atoms with van der Waals surface area (Å²) in [6, 6.07) is 11.3. The number of amides is 1. The monoisotopic (exact) mass is 448 g/mol. The molecule has 0 saturated heterocycles. The topological polar surface area (TPSA) is 126 Å². The van der Waals surface area contributed by atoms with Crippen LogP contribution in [0.3, 0.4) is 0 Å². The number of nitrogens with zero attached hydrogens (tertiary/aromatic N) is 2. The van der Waals surface area contributed by atoms with Crippen molar-refractivity contribution in [2.24, 2.45) is 0 Å². The van der Waals surface area contributed by atoms with Gasteiger partial charge >= 0.3 is 0 Å². The molecule has 1 atom stereocenters. The van der Waals surface area contributed by atoms with Crippen LogP contribution in [0.25, 0.3) is 11.4 Å². The molecule has 2 aromatic carbocycles. The van der Waals surface area contributed by atoms with Gasteiger partial charge in [0.2, 0.25) is 0 Å². The number of nitrogens with one attached hydrogen (secondary N) is 3. The van der Waals surface area contributed by atoms with Gasteiger partial charge in [-0.25, -0.2) is 9.97 Å². The Morgan fingerprint density at radius 2 is 2.12 bits per heavy atom. The van der Waals surface area contributed by atoms with Crippen LogP contribution in [0, 0.1) is 12.3 Å². The fourth-order valence-corrected chi connectivity index (χ4v) is 3.45. The second-order valence-electron chi connectivity index (χ2n) is 7.76. The van der Waals surface area contributed by atoms with Gasteiger partial charge < -0.3 is 26.5 Å². The molecule has 4 rings (SSSR count). The lowest BCUT2D eigenvalue weighted by Crippen LogP contribution is -2.30. The first-order chi connectivity index (χ1) is 15.4. The van der Waals surface area contributed by atoms with Crippen LogP contribution >= 0.6 is 9.24 Å². The molecule has 3 aromatic rings. The van der Waals surface area contributed by atoms with Crippen LogP contribution in [-0.4, -0.2) is 34.7 Å². The van der Waals surface area contributed by atoms with Crippen molar-refractivity contribution in [2.45, 2.75) is 25.8 Å². The van der Waals surface area contributed by atoms with E-state index in [2.05, 4.69) is 29.8 Å². The first-order valence-corrected chi connectivity index (χ1v) is 10.8. The fraction of sp³-hybridized carbons (Fsp3) is 0.217. The number of nitrogens with two attached hydrogens (primary N) is 1. The number of rotatable bonds is 8. The van der Waals surface area contributed by atoms with Gasteiger partial charge in [0.25, 0.3) is 5.91 Å². The number of carbonyl (C=O) groups excluding carboxylic acids is 1. The Bertz CT molecular complexity index is 1180. The van der Waals surface area contributed by atoms with E-state index in [0.717, 1.165) is 35.0 Å². The summed E-state index contributed by atoms with van der Waals surface area (Å²) in [5.74, 6) is 1.63. The normalized spacial score (nSPS) is 12.8. The maximum absolute atomic E-state index is 11.9. The van der Waals surface area contributed by atoms with Crippen molar-refractivity contribution in [3.05, 3.63) is 53.7 Å². The number of ether oxygens (including phenoxy) is 1. The van der Waals surface area contributed by atoms with E-state index >= 15 is 0 Å². The third kappa shape index (κ3) is 5.39. The number of carbonyl (C=O) groups is 1. The van der Waals surface area contributed by atoms with E-state index in [4.69, 9.17) is 15.9 Å². The molecule has 9 heteroatoms. The summed E-state index contributed by atoms with van der Waals surface area (Å²) >= 11 is 0. The molecular weight excluding hydrogens is 423 g/mol. The zero-order chi connectivity index (χ0) is 22.7. The number of benzene rings is 2. The van der Waals surface area contributed by atoms with Gasteiger partial charge in [-0.1, -0.05) is 0 Å². The van der Waals surface area contributed by atoms with Crippen LogP contribution in [0.5, 0.6) is 5.75 Å². The van der Waals surface area contributed by atoms with Gasteiger partial charge in [-0.2, -0.15) is 0 Å². The lowest BCUT2D eigenvalue weighted by atomic mass is 10.1. The van der Waals surface area contributed by atoms with Crippen molar-refractivity contribution >= 4 is 43.9 Å². The maximum Gasteiger partial charge on any atom is 0.258 e. The van der Waals surface area contributed by atoms with Gasteiger partial charge in [0.15, 0.2) is 12.4 Å². The lowest BCUT2D eigenvalue weighted by molar-refractivity contribution is -0.123. The van der Waals surface area contributed by atoms with Crippen molar-refractivity contribution in [2.75, 3.05) is 17.7 Å². The summed E-state index contributed by atoms with van der Waals surface area (Å²) in [5, 5.41) is 14.6. The van der Waals surface area contributed by atoms with Gasteiger partial charge in [-0.3, -0.25) is 4.79 Å². The Kier molecular flexibility index (Phi) is 6.32. The highest BCUT2D eigenvalue weighted by Crippen LogP contribution is 2.26. The third-order valence-corrected chi connectivity index (χ3v) is 5.31. The van der Waals surface area contributed by atoms with Crippen LogP contribution in [0.1, 0.15) is 24.0 Å². The largest absolute Gasteiger partial charge is 0.484 e. The first kappa shape index (κ1) is 21.7. The zero-order valence-corrected chi connectivity index (χ0v) is 18.8. The van der Waals surface area contributed by atoms with Crippen molar-refractivity contribution < 1.29 is 9.53 Å². The molecule has 1 fully saturated rings. The minimum atomic E-state index is -0.117. The number of nitrogen functional groups attached to an aromatic ring is 1. The molecule has 32 heavy (non-hydrogen) atoms. The summed E-state index contributed by atoms with van der Waals surface area (Å²) in [6.07, 6.45) is 5.04. The van der Waals surface area contributed by atoms with Gasteiger partial charge in [0.05, 0.1) is 0 Å². The van der Waals surface area contributed by atoms with Crippen molar-refractivity contribution in [3.8, 4) is 17.1 Å². The van der Waals surface area contributed by atoms with Crippen LogP contribution in [-0.2, 0) is 4.79 Å². The number of aromatic nitrogens is 2. The molecule has 1 amide bonds. The van der Waals surface area contributed by atoms with E-state index in [1.165, 1.54) is 6.21 Å². The zero-order valence-electron chi connectivity index (χ0n) is 17.7. The quantitative estimate of drug-likeness (QED) is 0.239. The Labute approximate surface area is 188 Å². The van der Waals surface area contributed by atoms with Crippen LogP contribution < -0.4 is 26.4 Å². The maximum atomic E-state index is 11.9. The van der Waals surface area contributed by atoms with E-state index in [1.807, 2.05) is 31.2 Å². The lowest BCUT2D eigenvalue weighted by Gasteiger charge is -2.13. The van der Waals surface area contributed by atoms with Crippen molar-refractivity contribution in [1.29, 1.82) is 5.41 Å². The van der Waals surface area contributed by atoms with E-state index in [-0.39, 0.29) is 12.5 Å². The Morgan fingerprint density at radius 3 is 2.88 bits per heavy atom. The summed E-state index contributed by atoms with van der Waals surface area (Å²) < 4.78 is 5.70. The Balaban J connectivity index is 1.55. The molecule has 1 aromatic heterocycles. The van der Waals surface area contributed by atoms with Gasteiger partial charge in [0.1, 0.15) is 11.6 Å². The molecule has 1 saturated carbocycles. The molecule has 1 aliphatic carbocycles. The summed E-state index contributed by atoms with van der Waals surface area (Å²) in [5.41, 5.74) is 9.47. The van der Waals surface area contributed by atoms with Crippen molar-refractivity contribution in [3.63, 3.8) is 0 Å². The van der Waals surface area contributed by atoms with E-state index in [0.29, 0.717) is 34.7 Å². The molecule has 0 spiro atoms. The predicted molar refractivity (Wildman–Crippen MR) is 130 cm³/mol. The molecule has 5 N–H and O–H groups in total. The second-order valence-corrected chi connectivity index (χ2v) is 8.43. The van der Waals surface area contributed by atoms with Gasteiger partial charge in [-0.05, 0) is 61.5 Å². The highest BCUT2D eigenvalue weighted by Gasteiger charge is 2.23. The highest BCUT2D eigenvalue weighted by molar-refractivity contribution is 7.27. The van der Waals surface area contributed by atoms with E-state index < -0.39 is 0 Å². The third-order valence-electron chi connectivity index (χ3n) is 4.98. The molecular formula is C23H25N6O2P. The second kappa shape index (κ2) is 9.32. The number of aryl methyl sites for hydroxylation is 1. The van der Waals surface area contributed by atoms with Crippen LogP contribution in [0.15, 0.2) is 42.6 Å². The molecule has 0 radical (unpaired) electrons. The molecule has 0 aliphatic heterocycles. The average molecular weight is 448 g/mol. The standard InChI is InChI=1S/C23H25N6O2P/c1-13-11-26-23(29-22(13)28-17-4-5-20(25)15(6-17)10-24)14-7-18(9-19(32)8-14)31-12-21(30)27-16-2-3-16/h4-11,16,24H,2-3,12,25,32H2,1H3,(H,27,30)(H,26,28,29). The summed E-state index contributed by atoms with van der Waals surface area (Å²) in [4.78, 5) is 21.1. The molecule has 164 valence electrons. The van der Waals surface area contributed by atoms with E-state index in [1.54, 1.807) is 18.3 Å². The number of anilines is 3. The van der Waals surface area contributed by atoms with Crippen molar-refractivity contribution in [1.82, 2.24) is 15.3 Å². The van der Waals surface area contributed by atoms with Gasteiger partial charge in [0, 0.05) is 46.5 Å². The molecule has 0 bridgehead atoms. The van der Waals surface area contributed by atoms with E-state index in [9.17, 15) is 4.79 Å². The fourth-order valence-electron chi connectivity index (χ4n) is 3.10. The number of hydrogen-bond donors (Lipinski definition) is 4. The summed E-state index contributed by atoms with van der Waals surface area (Å²) in [6.45, 7) is 1.89. The minimum absolute atomic E-state index is 0.0297. The number of hydrogen-bond acceptors (Lipinski definition) is 7. The molecule has 8 nitrogen and oxygen atoms in total. The molecule has 1 aliphatic rings. The SMILES string of the molecule is Cc1cnc(-c2cc(P)cc(OCC(=O)NC3CC3)c2)nc1Nc1ccc(N)c(C=N)c1.